The smallest absolute Gasteiger partial charge is 0.462 e. The summed E-state index contributed by atoms with van der Waals surface area (Å²) in [5, 5.41) is 10.7. The van der Waals surface area contributed by atoms with Crippen molar-refractivity contribution < 1.29 is 80.2 Å². The molecule has 0 aliphatic carbocycles. The van der Waals surface area contributed by atoms with Crippen molar-refractivity contribution in [2.45, 2.75) is 418 Å². The Morgan fingerprint density at radius 1 is 0.274 bits per heavy atom. The van der Waals surface area contributed by atoms with Crippen molar-refractivity contribution in [1.29, 1.82) is 0 Å². The van der Waals surface area contributed by atoms with E-state index in [1.807, 2.05) is 0 Å². The van der Waals surface area contributed by atoms with Gasteiger partial charge in [0, 0.05) is 25.7 Å². The highest BCUT2D eigenvalue weighted by Gasteiger charge is 2.30. The molecule has 0 fully saturated rings. The van der Waals surface area contributed by atoms with Crippen LogP contribution in [0.3, 0.4) is 0 Å². The lowest BCUT2D eigenvalue weighted by molar-refractivity contribution is -0.161. The van der Waals surface area contributed by atoms with Crippen LogP contribution >= 0.6 is 15.6 Å². The van der Waals surface area contributed by atoms with Crippen molar-refractivity contribution >= 4 is 39.5 Å². The molecule has 0 radical (unpaired) electrons. The number of phosphoric acid groups is 2. The Bertz CT molecular complexity index is 2280. The highest BCUT2D eigenvalue weighted by atomic mass is 31.2. The number of ether oxygens (including phenoxy) is 4. The molecule has 5 atom stereocenters. The van der Waals surface area contributed by atoms with E-state index in [0.29, 0.717) is 25.7 Å². The summed E-state index contributed by atoms with van der Waals surface area (Å²) < 4.78 is 68.9. The van der Waals surface area contributed by atoms with E-state index >= 15 is 0 Å². The van der Waals surface area contributed by atoms with Crippen molar-refractivity contribution in [2.24, 2.45) is 0 Å². The van der Waals surface area contributed by atoms with E-state index in [1.165, 1.54) is 148 Å². The van der Waals surface area contributed by atoms with Gasteiger partial charge in [0.1, 0.15) is 19.3 Å². The Morgan fingerprint density at radius 3 is 0.774 bits per heavy atom. The minimum Gasteiger partial charge on any atom is -0.462 e. The monoisotopic (exact) mass is 1540 g/mol. The molecule has 19 heteroatoms. The van der Waals surface area contributed by atoms with Crippen LogP contribution in [0.1, 0.15) is 400 Å². The predicted molar refractivity (Wildman–Crippen MR) is 436 cm³/mol. The molecular formula is C87H158O17P2. The van der Waals surface area contributed by atoms with Crippen molar-refractivity contribution in [3.63, 3.8) is 0 Å². The van der Waals surface area contributed by atoms with E-state index in [9.17, 15) is 43.2 Å². The number of hydrogen-bond acceptors (Lipinski definition) is 15. The van der Waals surface area contributed by atoms with Gasteiger partial charge in [0.2, 0.25) is 0 Å². The second-order valence-electron chi connectivity index (χ2n) is 29.1. The molecule has 0 heterocycles. The van der Waals surface area contributed by atoms with Gasteiger partial charge in [0.05, 0.1) is 26.4 Å². The first-order valence-corrected chi connectivity index (χ1v) is 46.2. The van der Waals surface area contributed by atoms with Gasteiger partial charge < -0.3 is 33.8 Å². The molecule has 0 saturated heterocycles. The number of aliphatic hydroxyl groups is 1. The Kier molecular flexibility index (Phi) is 77.0. The minimum absolute atomic E-state index is 0.0984. The van der Waals surface area contributed by atoms with Crippen molar-refractivity contribution in [1.82, 2.24) is 0 Å². The Labute approximate surface area is 647 Å². The maximum absolute atomic E-state index is 13.1. The second-order valence-corrected chi connectivity index (χ2v) is 32.0. The van der Waals surface area contributed by atoms with Crippen LogP contribution in [0.2, 0.25) is 0 Å². The Balaban J connectivity index is 5.33. The summed E-state index contributed by atoms with van der Waals surface area (Å²) in [6.07, 6.45) is 82.8. The molecular weight excluding hydrogens is 1380 g/mol. The summed E-state index contributed by atoms with van der Waals surface area (Å²) in [6, 6.07) is 0. The zero-order chi connectivity index (χ0) is 77.4. The molecule has 0 aliphatic rings. The van der Waals surface area contributed by atoms with Crippen LogP contribution in [0, 0.1) is 0 Å². The summed E-state index contributed by atoms with van der Waals surface area (Å²) in [7, 11) is -9.95. The molecule has 0 amide bonds. The van der Waals surface area contributed by atoms with Crippen molar-refractivity contribution in [3.8, 4) is 0 Å². The van der Waals surface area contributed by atoms with Gasteiger partial charge >= 0.3 is 39.5 Å². The number of unbranched alkanes of at least 4 members (excludes halogenated alkanes) is 44. The first kappa shape index (κ1) is 102. The molecule has 0 aliphatic heterocycles. The normalized spacial score (nSPS) is 14.1. The van der Waals surface area contributed by atoms with Gasteiger partial charge in [-0.2, -0.15) is 0 Å². The molecule has 618 valence electrons. The summed E-state index contributed by atoms with van der Waals surface area (Å²) in [6.45, 7) is 4.82. The molecule has 5 unspecified atom stereocenters. The fourth-order valence-corrected chi connectivity index (χ4v) is 13.7. The minimum atomic E-state index is -4.98. The molecule has 17 nitrogen and oxygen atoms in total. The van der Waals surface area contributed by atoms with E-state index in [0.717, 1.165) is 173 Å². The fourth-order valence-electron chi connectivity index (χ4n) is 12.1. The summed E-state index contributed by atoms with van der Waals surface area (Å²) in [4.78, 5) is 73.2. The maximum Gasteiger partial charge on any atom is 0.472 e. The summed E-state index contributed by atoms with van der Waals surface area (Å²) >= 11 is 0. The average Bonchev–Trinajstić information content (AvgIpc) is 0.928. The molecule has 0 aromatic carbocycles. The fraction of sp³-hybridized carbons (Fsp3) is 0.816. The standard InChI is InChI=1S/C87H158O17P2/c1-5-9-13-17-21-25-29-33-37-39-40-42-46-48-52-56-60-64-68-72-85(90)98-78-83(104-87(92)74-70-66-62-58-54-50-44-36-32-28-24-20-16-12-8-4)80-102-106(95,96)100-76-81(88)75-99-105(93,94)101-79-82(103-86(91)73-69-65-61-57-53-49-43-35-31-27-23-19-15-11-7-3)77-97-84(89)71-67-63-59-55-51-47-45-41-38-34-30-26-22-18-14-10-6-2/h10,14,21-22,25-26,33-34,37-38,40,42,81-83,88H,5-9,11-13,15-20,23-24,27-32,35-36,39,41,43-80H2,1-4H3,(H,93,94)(H,95,96)/b14-10-,25-21-,26-22-,37-33-,38-34-,42-40-. The first-order valence-electron chi connectivity index (χ1n) is 43.2. The van der Waals surface area contributed by atoms with Crippen molar-refractivity contribution in [2.75, 3.05) is 39.6 Å². The van der Waals surface area contributed by atoms with E-state index in [4.69, 9.17) is 37.0 Å². The van der Waals surface area contributed by atoms with Gasteiger partial charge in [0.25, 0.3) is 0 Å². The largest absolute Gasteiger partial charge is 0.472 e. The maximum atomic E-state index is 13.1. The third-order valence-corrected chi connectivity index (χ3v) is 20.6. The lowest BCUT2D eigenvalue weighted by atomic mass is 10.0. The molecule has 0 bridgehead atoms. The number of carbonyl (C=O) groups excluding carboxylic acids is 4. The molecule has 106 heavy (non-hydrogen) atoms. The molecule has 0 aromatic heterocycles. The zero-order valence-corrected chi connectivity index (χ0v) is 69.7. The van der Waals surface area contributed by atoms with Gasteiger partial charge in [-0.25, -0.2) is 9.13 Å². The van der Waals surface area contributed by atoms with Crippen LogP contribution < -0.4 is 0 Å². The molecule has 0 spiro atoms. The van der Waals surface area contributed by atoms with Gasteiger partial charge in [0.15, 0.2) is 12.2 Å². The van der Waals surface area contributed by atoms with E-state index in [2.05, 4.69) is 101 Å². The van der Waals surface area contributed by atoms with Crippen LogP contribution in [0.5, 0.6) is 0 Å². The SMILES string of the molecule is CC/C=C\C/C=C\C/C=C\CCCCCCCCCC(=O)OCC(COP(=O)(O)OCC(O)COP(=O)(O)OCC(COC(=O)CCCCCCCC/C=C\C/C=C\C/C=C\CCCCC)OC(=O)CCCCCCCCCCCCCCCCC)OC(=O)CCCCCCCCCCCCCCCCC. The molecule has 3 N–H and O–H groups in total. The molecule has 0 aromatic rings. The number of carbonyl (C=O) groups is 4. The van der Waals surface area contributed by atoms with Crippen LogP contribution in [-0.2, 0) is 65.4 Å². The highest BCUT2D eigenvalue weighted by Crippen LogP contribution is 2.45. The van der Waals surface area contributed by atoms with Crippen LogP contribution in [0.25, 0.3) is 0 Å². The molecule has 0 saturated carbocycles. The van der Waals surface area contributed by atoms with Crippen molar-refractivity contribution in [3.05, 3.63) is 72.9 Å². The predicted octanol–water partition coefficient (Wildman–Crippen LogP) is 25.6. The summed E-state index contributed by atoms with van der Waals surface area (Å²) in [5.41, 5.74) is 0. The number of aliphatic hydroxyl groups excluding tert-OH is 1. The number of allylic oxidation sites excluding steroid dienone is 12. The quantitative estimate of drug-likeness (QED) is 0.0169. The van der Waals surface area contributed by atoms with Crippen LogP contribution in [0.4, 0.5) is 0 Å². The third-order valence-electron chi connectivity index (χ3n) is 18.7. The Morgan fingerprint density at radius 2 is 0.491 bits per heavy atom. The summed E-state index contributed by atoms with van der Waals surface area (Å²) in [5.74, 6) is -2.16. The number of rotatable bonds is 82. The lowest BCUT2D eigenvalue weighted by Crippen LogP contribution is -2.30. The van der Waals surface area contributed by atoms with Gasteiger partial charge in [-0.3, -0.25) is 37.3 Å². The van der Waals surface area contributed by atoms with Crippen LogP contribution in [0.15, 0.2) is 72.9 Å². The number of hydrogen-bond donors (Lipinski definition) is 3. The Hall–Kier alpha value is -3.50. The highest BCUT2D eigenvalue weighted by molar-refractivity contribution is 7.47. The molecule has 0 rings (SSSR count). The van der Waals surface area contributed by atoms with E-state index < -0.39 is 97.5 Å². The van der Waals surface area contributed by atoms with E-state index in [1.54, 1.807) is 0 Å². The van der Waals surface area contributed by atoms with E-state index in [-0.39, 0.29) is 25.7 Å². The van der Waals surface area contributed by atoms with Gasteiger partial charge in [-0.15, -0.1) is 0 Å². The van der Waals surface area contributed by atoms with Gasteiger partial charge in [-0.05, 0) is 96.3 Å². The first-order chi connectivity index (χ1) is 51.7. The zero-order valence-electron chi connectivity index (χ0n) is 67.9. The van der Waals surface area contributed by atoms with Gasteiger partial charge in [-0.1, -0.05) is 351 Å². The second kappa shape index (κ2) is 79.6. The topological polar surface area (TPSA) is 237 Å². The average molecular weight is 1540 g/mol. The van der Waals surface area contributed by atoms with Crippen LogP contribution in [-0.4, -0.2) is 96.7 Å². The number of phosphoric ester groups is 2. The lowest BCUT2D eigenvalue weighted by Gasteiger charge is -2.21. The number of esters is 4. The third kappa shape index (κ3) is 78.6.